The standard InChI is InChI=1S/C9H5Br2NS/c10-6-1-2-8(11)7(3-6)9-4-12-5-13-9/h1-5H. The quantitative estimate of drug-likeness (QED) is 0.762. The number of hydrogen-bond acceptors (Lipinski definition) is 2. The lowest BCUT2D eigenvalue weighted by atomic mass is 10.2. The third kappa shape index (κ3) is 2.00. The lowest BCUT2D eigenvalue weighted by Gasteiger charge is -2.00. The molecule has 0 aliphatic carbocycles. The third-order valence-corrected chi connectivity index (χ3v) is 3.62. The van der Waals surface area contributed by atoms with Gasteiger partial charge in [0.25, 0.3) is 0 Å². The zero-order valence-corrected chi connectivity index (χ0v) is 10.5. The molecule has 0 radical (unpaired) electrons. The summed E-state index contributed by atoms with van der Waals surface area (Å²) in [5.41, 5.74) is 3.01. The molecule has 2 rings (SSSR count). The molecule has 0 amide bonds. The largest absolute Gasteiger partial charge is 0.252 e. The van der Waals surface area contributed by atoms with Gasteiger partial charge in [-0.05, 0) is 18.2 Å². The van der Waals surface area contributed by atoms with Gasteiger partial charge in [-0.25, -0.2) is 0 Å². The maximum atomic E-state index is 4.05. The minimum absolute atomic E-state index is 1.08. The Hall–Kier alpha value is -0.190. The van der Waals surface area contributed by atoms with Crippen LogP contribution in [0.4, 0.5) is 0 Å². The van der Waals surface area contributed by atoms with Crippen LogP contribution in [0.25, 0.3) is 10.4 Å². The van der Waals surface area contributed by atoms with E-state index in [4.69, 9.17) is 0 Å². The van der Waals surface area contributed by atoms with Crippen LogP contribution in [0.5, 0.6) is 0 Å². The summed E-state index contributed by atoms with van der Waals surface area (Å²) in [6.07, 6.45) is 1.87. The Morgan fingerprint density at radius 3 is 2.77 bits per heavy atom. The van der Waals surface area contributed by atoms with Gasteiger partial charge < -0.3 is 0 Å². The van der Waals surface area contributed by atoms with E-state index in [1.807, 2.05) is 23.8 Å². The van der Waals surface area contributed by atoms with Gasteiger partial charge in [-0.2, -0.15) is 0 Å². The second kappa shape index (κ2) is 3.90. The van der Waals surface area contributed by atoms with Crippen LogP contribution >= 0.6 is 43.2 Å². The highest BCUT2D eigenvalue weighted by Crippen LogP contribution is 2.32. The van der Waals surface area contributed by atoms with Crippen molar-refractivity contribution >= 4 is 43.2 Å². The van der Waals surface area contributed by atoms with E-state index in [2.05, 4.69) is 42.9 Å². The number of thiazole rings is 1. The van der Waals surface area contributed by atoms with Crippen molar-refractivity contribution in [3.8, 4) is 10.4 Å². The van der Waals surface area contributed by atoms with Crippen molar-refractivity contribution in [3.63, 3.8) is 0 Å². The second-order valence-corrected chi connectivity index (χ2v) is 5.15. The normalized spacial score (nSPS) is 10.3. The molecule has 0 saturated carbocycles. The van der Waals surface area contributed by atoms with E-state index in [9.17, 15) is 0 Å². The van der Waals surface area contributed by atoms with E-state index in [0.717, 1.165) is 8.95 Å². The number of benzene rings is 1. The van der Waals surface area contributed by atoms with Crippen LogP contribution in [0.15, 0.2) is 38.9 Å². The molecular weight excluding hydrogens is 314 g/mol. The van der Waals surface area contributed by atoms with Gasteiger partial charge in [0, 0.05) is 20.7 Å². The average molecular weight is 319 g/mol. The first kappa shape index (κ1) is 9.37. The second-order valence-electron chi connectivity index (χ2n) is 2.49. The van der Waals surface area contributed by atoms with E-state index >= 15 is 0 Å². The summed E-state index contributed by atoms with van der Waals surface area (Å²) in [6, 6.07) is 6.12. The maximum absolute atomic E-state index is 4.05. The minimum Gasteiger partial charge on any atom is -0.252 e. The molecule has 0 aliphatic heterocycles. The number of aromatic nitrogens is 1. The highest BCUT2D eigenvalue weighted by Gasteiger charge is 2.04. The molecule has 0 atom stereocenters. The lowest BCUT2D eigenvalue weighted by molar-refractivity contribution is 1.42. The molecule has 0 unspecified atom stereocenters. The number of hydrogen-bond donors (Lipinski definition) is 0. The molecule has 4 heteroatoms. The van der Waals surface area contributed by atoms with Crippen molar-refractivity contribution in [3.05, 3.63) is 38.9 Å². The Balaban J connectivity index is 2.57. The highest BCUT2D eigenvalue weighted by atomic mass is 79.9. The Bertz CT molecular complexity index is 412. The first-order valence-corrected chi connectivity index (χ1v) is 6.08. The fraction of sp³-hybridized carbons (Fsp3) is 0. The molecule has 1 aromatic carbocycles. The molecule has 0 fully saturated rings. The predicted octanol–water partition coefficient (Wildman–Crippen LogP) is 4.34. The lowest BCUT2D eigenvalue weighted by Crippen LogP contribution is -1.75. The summed E-state index contributed by atoms with van der Waals surface area (Å²) in [5, 5.41) is 0. The van der Waals surface area contributed by atoms with E-state index in [1.165, 1.54) is 10.4 Å². The first-order valence-electron chi connectivity index (χ1n) is 3.61. The minimum atomic E-state index is 1.08. The van der Waals surface area contributed by atoms with Gasteiger partial charge in [0.2, 0.25) is 0 Å². The molecule has 2 aromatic rings. The predicted molar refractivity (Wildman–Crippen MR) is 63.0 cm³/mol. The van der Waals surface area contributed by atoms with Gasteiger partial charge in [0.05, 0.1) is 10.4 Å². The average Bonchev–Trinajstić information content (AvgIpc) is 2.61. The van der Waals surface area contributed by atoms with E-state index < -0.39 is 0 Å². The SMILES string of the molecule is Brc1ccc(Br)c(-c2cncs2)c1. The summed E-state index contributed by atoms with van der Waals surface area (Å²) >= 11 is 8.59. The number of rotatable bonds is 1. The molecule has 1 aromatic heterocycles. The zero-order valence-electron chi connectivity index (χ0n) is 6.50. The molecule has 66 valence electrons. The molecule has 0 aliphatic rings. The van der Waals surface area contributed by atoms with Crippen molar-refractivity contribution in [2.45, 2.75) is 0 Å². The molecule has 1 heterocycles. The molecule has 13 heavy (non-hydrogen) atoms. The van der Waals surface area contributed by atoms with Gasteiger partial charge in [0.1, 0.15) is 0 Å². The molecule has 0 bridgehead atoms. The molecule has 0 N–H and O–H groups in total. The van der Waals surface area contributed by atoms with Gasteiger partial charge >= 0.3 is 0 Å². The summed E-state index contributed by atoms with van der Waals surface area (Å²) in [7, 11) is 0. The Labute approximate surface area is 97.1 Å². The van der Waals surface area contributed by atoms with Crippen molar-refractivity contribution < 1.29 is 0 Å². The topological polar surface area (TPSA) is 12.9 Å². The molecule has 0 spiro atoms. The Kier molecular flexibility index (Phi) is 2.81. The van der Waals surface area contributed by atoms with Crippen molar-refractivity contribution in [1.29, 1.82) is 0 Å². The fourth-order valence-electron chi connectivity index (χ4n) is 1.04. The fourth-order valence-corrected chi connectivity index (χ4v) is 2.64. The van der Waals surface area contributed by atoms with Crippen LogP contribution in [0.3, 0.4) is 0 Å². The van der Waals surface area contributed by atoms with E-state index in [1.54, 1.807) is 11.3 Å². The smallest absolute Gasteiger partial charge is 0.0797 e. The summed E-state index contributed by atoms with van der Waals surface area (Å²) in [4.78, 5) is 5.23. The molecule has 1 nitrogen and oxygen atoms in total. The maximum Gasteiger partial charge on any atom is 0.0797 e. The summed E-state index contributed by atoms with van der Waals surface area (Å²) in [5.74, 6) is 0. The summed E-state index contributed by atoms with van der Waals surface area (Å²) < 4.78 is 2.18. The van der Waals surface area contributed by atoms with Crippen LogP contribution in [-0.2, 0) is 0 Å². The van der Waals surface area contributed by atoms with Crippen molar-refractivity contribution in [2.24, 2.45) is 0 Å². The third-order valence-electron chi connectivity index (χ3n) is 1.63. The van der Waals surface area contributed by atoms with Gasteiger partial charge in [-0.3, -0.25) is 4.98 Å². The van der Waals surface area contributed by atoms with Gasteiger partial charge in [-0.15, -0.1) is 11.3 Å². The van der Waals surface area contributed by atoms with Crippen LogP contribution < -0.4 is 0 Å². The van der Waals surface area contributed by atoms with Gasteiger partial charge in [-0.1, -0.05) is 31.9 Å². The Morgan fingerprint density at radius 1 is 1.23 bits per heavy atom. The van der Waals surface area contributed by atoms with E-state index in [-0.39, 0.29) is 0 Å². The van der Waals surface area contributed by atoms with Gasteiger partial charge in [0.15, 0.2) is 0 Å². The van der Waals surface area contributed by atoms with E-state index in [0.29, 0.717) is 0 Å². The highest BCUT2D eigenvalue weighted by molar-refractivity contribution is 9.11. The van der Waals surface area contributed by atoms with Crippen molar-refractivity contribution in [2.75, 3.05) is 0 Å². The summed E-state index contributed by atoms with van der Waals surface area (Å²) in [6.45, 7) is 0. The Morgan fingerprint density at radius 2 is 2.08 bits per heavy atom. The van der Waals surface area contributed by atoms with Crippen molar-refractivity contribution in [1.82, 2.24) is 4.98 Å². The first-order chi connectivity index (χ1) is 6.27. The van der Waals surface area contributed by atoms with Crippen LogP contribution in [0.1, 0.15) is 0 Å². The number of halogens is 2. The van der Waals surface area contributed by atoms with Crippen LogP contribution in [0, 0.1) is 0 Å². The monoisotopic (exact) mass is 317 g/mol. The van der Waals surface area contributed by atoms with Crippen LogP contribution in [0.2, 0.25) is 0 Å². The molecule has 0 saturated heterocycles. The molecular formula is C9H5Br2NS. The zero-order chi connectivity index (χ0) is 9.26. The van der Waals surface area contributed by atoms with Crippen LogP contribution in [-0.4, -0.2) is 4.98 Å². The number of nitrogens with zero attached hydrogens (tertiary/aromatic N) is 1.